The number of azo groups is 1. The van der Waals surface area contributed by atoms with E-state index in [0.29, 0.717) is 13.3 Å². The van der Waals surface area contributed by atoms with E-state index in [1.165, 1.54) is 11.1 Å². The first-order valence-electron chi connectivity index (χ1n) is 8.75. The van der Waals surface area contributed by atoms with Crippen LogP contribution in [0.4, 0.5) is 5.69 Å². The summed E-state index contributed by atoms with van der Waals surface area (Å²) in [6.45, 7) is 8.17. The Hall–Kier alpha value is -2.80. The topological polar surface area (TPSA) is 52.9 Å². The minimum Gasteiger partial charge on any atom is -0.492 e. The van der Waals surface area contributed by atoms with Gasteiger partial charge in [0, 0.05) is 6.54 Å². The van der Waals surface area contributed by atoms with Gasteiger partial charge in [0.1, 0.15) is 23.9 Å². The fourth-order valence-corrected chi connectivity index (χ4v) is 3.40. The number of hydroxylamine groups is 2. The van der Waals surface area contributed by atoms with Crippen molar-refractivity contribution in [1.29, 1.82) is 0 Å². The largest absolute Gasteiger partial charge is 0.492 e. The van der Waals surface area contributed by atoms with Gasteiger partial charge in [-0.05, 0) is 44.5 Å². The molecule has 7 nitrogen and oxygen atoms in total. The second-order valence-electron chi connectivity index (χ2n) is 6.55. The van der Waals surface area contributed by atoms with Gasteiger partial charge in [0.25, 0.3) is 0 Å². The summed E-state index contributed by atoms with van der Waals surface area (Å²) in [5.41, 5.74) is 4.31. The Morgan fingerprint density at radius 3 is 2.77 bits per heavy atom. The molecule has 0 fully saturated rings. The normalized spacial score (nSPS) is 18.7. The second-order valence-corrected chi connectivity index (χ2v) is 6.55. The van der Waals surface area contributed by atoms with E-state index in [2.05, 4.69) is 52.1 Å². The Kier molecular flexibility index (Phi) is 4.16. The minimum atomic E-state index is 0.572. The molecule has 0 radical (unpaired) electrons. The van der Waals surface area contributed by atoms with Crippen LogP contribution < -0.4 is 9.64 Å². The number of rotatable bonds is 4. The van der Waals surface area contributed by atoms with Gasteiger partial charge in [0.2, 0.25) is 0 Å². The standard InChI is InChI=1S/C19H23N5O2/c1-5-26-17-7-6-13(2)9-16(17)23-10-14(3)8-15-19(23)24-12-22(25-4)11-18(24)21-20-15/h6-9,11H,5,10,12H2,1-4H3. The summed E-state index contributed by atoms with van der Waals surface area (Å²) in [6.07, 6.45) is 3.95. The van der Waals surface area contributed by atoms with Crippen LogP contribution in [0.2, 0.25) is 0 Å². The molecule has 4 rings (SSSR count). The third kappa shape index (κ3) is 2.74. The third-order valence-corrected chi connectivity index (χ3v) is 4.55. The summed E-state index contributed by atoms with van der Waals surface area (Å²) in [6, 6.07) is 6.27. The molecule has 0 bridgehead atoms. The van der Waals surface area contributed by atoms with E-state index in [1.807, 2.05) is 19.2 Å². The van der Waals surface area contributed by atoms with Crippen LogP contribution in [0.1, 0.15) is 19.4 Å². The van der Waals surface area contributed by atoms with E-state index in [-0.39, 0.29) is 0 Å². The van der Waals surface area contributed by atoms with Gasteiger partial charge in [0.05, 0.1) is 25.6 Å². The lowest BCUT2D eigenvalue weighted by Crippen LogP contribution is -2.40. The molecule has 1 aromatic rings. The van der Waals surface area contributed by atoms with Gasteiger partial charge in [-0.2, -0.15) is 0 Å². The van der Waals surface area contributed by atoms with Crippen molar-refractivity contribution in [2.75, 3.05) is 31.8 Å². The highest BCUT2D eigenvalue weighted by atomic mass is 16.7. The van der Waals surface area contributed by atoms with E-state index in [4.69, 9.17) is 9.57 Å². The number of nitrogens with zero attached hydrogens (tertiary/aromatic N) is 5. The van der Waals surface area contributed by atoms with Gasteiger partial charge in [-0.15, -0.1) is 10.2 Å². The predicted octanol–water partition coefficient (Wildman–Crippen LogP) is 3.73. The van der Waals surface area contributed by atoms with Crippen molar-refractivity contribution in [3.63, 3.8) is 0 Å². The van der Waals surface area contributed by atoms with Crippen LogP contribution >= 0.6 is 0 Å². The number of aryl methyl sites for hydroxylation is 1. The highest BCUT2D eigenvalue weighted by molar-refractivity contribution is 5.66. The van der Waals surface area contributed by atoms with Crippen molar-refractivity contribution in [2.24, 2.45) is 10.2 Å². The quantitative estimate of drug-likeness (QED) is 0.825. The summed E-state index contributed by atoms with van der Waals surface area (Å²) >= 11 is 0. The van der Waals surface area contributed by atoms with Gasteiger partial charge >= 0.3 is 0 Å². The first-order valence-corrected chi connectivity index (χ1v) is 8.75. The van der Waals surface area contributed by atoms with Crippen LogP contribution in [-0.2, 0) is 4.84 Å². The van der Waals surface area contributed by atoms with Gasteiger partial charge in [-0.25, -0.2) is 5.06 Å². The van der Waals surface area contributed by atoms with Crippen molar-refractivity contribution in [3.05, 3.63) is 59.0 Å². The lowest BCUT2D eigenvalue weighted by atomic mass is 10.1. The first-order chi connectivity index (χ1) is 12.6. The van der Waals surface area contributed by atoms with Crippen LogP contribution in [0.5, 0.6) is 5.75 Å². The van der Waals surface area contributed by atoms with Gasteiger partial charge in [-0.3, -0.25) is 9.74 Å². The molecule has 0 atom stereocenters. The average Bonchev–Trinajstić information content (AvgIpc) is 3.06. The predicted molar refractivity (Wildman–Crippen MR) is 99.0 cm³/mol. The maximum atomic E-state index is 5.91. The summed E-state index contributed by atoms with van der Waals surface area (Å²) in [4.78, 5) is 9.73. The average molecular weight is 353 g/mol. The zero-order valence-electron chi connectivity index (χ0n) is 15.6. The van der Waals surface area contributed by atoms with Crippen molar-refractivity contribution < 1.29 is 9.57 Å². The van der Waals surface area contributed by atoms with E-state index in [9.17, 15) is 0 Å². The molecule has 0 N–H and O–H groups in total. The van der Waals surface area contributed by atoms with E-state index < -0.39 is 0 Å². The van der Waals surface area contributed by atoms with E-state index in [0.717, 1.165) is 35.3 Å². The number of hydrogen-bond donors (Lipinski definition) is 0. The molecule has 3 heterocycles. The van der Waals surface area contributed by atoms with Gasteiger partial charge in [0.15, 0.2) is 5.82 Å². The third-order valence-electron chi connectivity index (χ3n) is 4.55. The number of anilines is 1. The lowest BCUT2D eigenvalue weighted by Gasteiger charge is -2.38. The molecule has 0 aliphatic carbocycles. The Morgan fingerprint density at radius 2 is 2.00 bits per heavy atom. The van der Waals surface area contributed by atoms with Crippen LogP contribution in [0.3, 0.4) is 0 Å². The van der Waals surface area contributed by atoms with Gasteiger partial charge in [-0.1, -0.05) is 11.6 Å². The summed E-state index contributed by atoms with van der Waals surface area (Å²) < 4.78 is 5.91. The van der Waals surface area contributed by atoms with Crippen molar-refractivity contribution >= 4 is 5.69 Å². The van der Waals surface area contributed by atoms with E-state index in [1.54, 1.807) is 12.2 Å². The van der Waals surface area contributed by atoms with Crippen molar-refractivity contribution in [3.8, 4) is 5.75 Å². The molecule has 26 heavy (non-hydrogen) atoms. The molecule has 0 saturated carbocycles. The minimum absolute atomic E-state index is 0.572. The molecule has 0 saturated heterocycles. The summed E-state index contributed by atoms with van der Waals surface area (Å²) in [7, 11) is 1.65. The lowest BCUT2D eigenvalue weighted by molar-refractivity contribution is -0.0952. The zero-order chi connectivity index (χ0) is 18.3. The number of ether oxygens (including phenoxy) is 1. The maximum Gasteiger partial charge on any atom is 0.177 e. The molecule has 136 valence electrons. The molecule has 0 unspecified atom stereocenters. The Morgan fingerprint density at radius 1 is 1.15 bits per heavy atom. The Bertz CT molecular complexity index is 855. The monoisotopic (exact) mass is 353 g/mol. The molecule has 0 aromatic heterocycles. The number of fused-ring (bicyclic) bond motifs is 2. The van der Waals surface area contributed by atoms with Crippen LogP contribution in [0, 0.1) is 6.92 Å². The zero-order valence-corrected chi connectivity index (χ0v) is 15.6. The molecule has 0 spiro atoms. The van der Waals surface area contributed by atoms with Crippen molar-refractivity contribution in [2.45, 2.75) is 20.8 Å². The highest BCUT2D eigenvalue weighted by Gasteiger charge is 2.36. The number of allylic oxidation sites excluding steroid dienone is 1. The number of benzene rings is 1. The molecule has 3 aliphatic heterocycles. The molecule has 7 heteroatoms. The Labute approximate surface area is 153 Å². The molecule has 1 aromatic carbocycles. The molecule has 0 amide bonds. The first kappa shape index (κ1) is 16.7. The van der Waals surface area contributed by atoms with Crippen LogP contribution in [0.15, 0.2) is 63.6 Å². The molecule has 3 aliphatic rings. The SMILES string of the molecule is CCOc1ccc(C)cc1N1CC(C)=CC2=C1N1CN(OC)C=C1N=N2. The second kappa shape index (κ2) is 6.49. The summed E-state index contributed by atoms with van der Waals surface area (Å²) in [5.74, 6) is 2.65. The molecular formula is C19H23N5O2. The fraction of sp³-hybridized carbons (Fsp3) is 0.368. The molecular weight excluding hydrogens is 330 g/mol. The number of hydrogen-bond acceptors (Lipinski definition) is 7. The van der Waals surface area contributed by atoms with Crippen molar-refractivity contribution in [1.82, 2.24) is 9.96 Å². The smallest absolute Gasteiger partial charge is 0.177 e. The fourth-order valence-electron chi connectivity index (χ4n) is 3.40. The Balaban J connectivity index is 1.82. The van der Waals surface area contributed by atoms with E-state index >= 15 is 0 Å². The van der Waals surface area contributed by atoms with Crippen LogP contribution in [0.25, 0.3) is 0 Å². The highest BCUT2D eigenvalue weighted by Crippen LogP contribution is 2.41. The maximum absolute atomic E-state index is 5.91. The summed E-state index contributed by atoms with van der Waals surface area (Å²) in [5, 5.41) is 10.5. The van der Waals surface area contributed by atoms with Crippen LogP contribution in [-0.4, -0.2) is 36.9 Å². The van der Waals surface area contributed by atoms with Gasteiger partial charge < -0.3 is 9.64 Å².